The number of hydrogen-bond acceptors (Lipinski definition) is 7. The van der Waals surface area contributed by atoms with Gasteiger partial charge in [0, 0.05) is 57.0 Å². The normalized spacial score (nSPS) is 16.8. The van der Waals surface area contributed by atoms with Crippen molar-refractivity contribution >= 4 is 23.3 Å². The number of benzene rings is 1. The average molecular weight is 426 g/mol. The Balaban J connectivity index is 1.37. The fourth-order valence-electron chi connectivity index (χ4n) is 3.99. The Kier molecular flexibility index (Phi) is 5.89. The maximum atomic E-state index is 12.2. The van der Waals surface area contributed by atoms with E-state index in [1.807, 2.05) is 33.9 Å². The minimum atomic E-state index is -0.482. The summed E-state index contributed by atoms with van der Waals surface area (Å²) in [7, 11) is 1.93. The van der Waals surface area contributed by atoms with E-state index in [1.165, 1.54) is 11.3 Å². The second-order valence-corrected chi connectivity index (χ2v) is 8.99. The summed E-state index contributed by atoms with van der Waals surface area (Å²) in [6.07, 6.45) is 3.79. The molecular weight excluding hydrogens is 394 g/mol. The van der Waals surface area contributed by atoms with Gasteiger partial charge in [-0.25, -0.2) is 14.8 Å². The molecule has 8 heteroatoms. The molecule has 1 saturated heterocycles. The molecule has 0 radical (unpaired) electrons. The number of rotatable bonds is 4. The first kappa shape index (κ1) is 21.2. The van der Waals surface area contributed by atoms with Gasteiger partial charge in [-0.15, -0.1) is 0 Å². The molecule has 1 N–H and O–H groups in total. The highest BCUT2D eigenvalue weighted by atomic mass is 16.6. The number of aromatic nitrogens is 2. The number of hydrogen-bond donors (Lipinski definition) is 1. The Morgan fingerprint density at radius 3 is 2.61 bits per heavy atom. The summed E-state index contributed by atoms with van der Waals surface area (Å²) in [5.41, 5.74) is 3.12. The summed E-state index contributed by atoms with van der Waals surface area (Å²) >= 11 is 0. The molecule has 4 rings (SSSR count). The van der Waals surface area contributed by atoms with Crippen molar-refractivity contribution in [2.24, 2.45) is 0 Å². The number of carbonyl (C=O) groups excluding carboxylic acids is 1. The van der Waals surface area contributed by atoms with Gasteiger partial charge in [-0.2, -0.15) is 0 Å². The van der Waals surface area contributed by atoms with Crippen LogP contribution in [0.1, 0.15) is 39.2 Å². The summed E-state index contributed by atoms with van der Waals surface area (Å²) in [5.74, 6) is 1.41. The van der Waals surface area contributed by atoms with Crippen molar-refractivity contribution < 1.29 is 14.3 Å². The Hall–Kier alpha value is -3.03. The van der Waals surface area contributed by atoms with Crippen LogP contribution in [0.25, 0.3) is 0 Å². The Bertz CT molecular complexity index is 935. The number of likely N-dealkylation sites (tertiary alicyclic amines) is 1. The van der Waals surface area contributed by atoms with Crippen LogP contribution in [-0.4, -0.2) is 59.3 Å². The molecule has 0 saturated carbocycles. The van der Waals surface area contributed by atoms with Crippen molar-refractivity contribution in [1.82, 2.24) is 14.9 Å². The van der Waals surface area contributed by atoms with Gasteiger partial charge in [-0.05, 0) is 51.0 Å². The van der Waals surface area contributed by atoms with E-state index in [9.17, 15) is 4.79 Å². The van der Waals surface area contributed by atoms with Crippen molar-refractivity contribution in [2.75, 3.05) is 36.9 Å². The van der Waals surface area contributed by atoms with E-state index < -0.39 is 5.60 Å². The fourth-order valence-corrected chi connectivity index (χ4v) is 3.99. The lowest BCUT2D eigenvalue weighted by atomic mass is 10.1. The van der Waals surface area contributed by atoms with E-state index >= 15 is 0 Å². The van der Waals surface area contributed by atoms with Crippen LogP contribution in [0.2, 0.25) is 0 Å². The van der Waals surface area contributed by atoms with Gasteiger partial charge in [-0.3, -0.25) is 0 Å². The zero-order valence-electron chi connectivity index (χ0n) is 18.7. The first-order valence-corrected chi connectivity index (χ1v) is 10.9. The lowest BCUT2D eigenvalue weighted by Crippen LogP contribution is -2.44. The molecule has 8 nitrogen and oxygen atoms in total. The highest BCUT2D eigenvalue weighted by Crippen LogP contribution is 2.35. The standard InChI is InChI=1S/C23H31N5O3/c1-23(2,3)31-22(29)27-10-8-18(9-11-27)30-21-14-20(25-15-26-21)28-12-7-16-13-17(24-4)5-6-19(16)28/h5-6,13-15,18,24H,7-12H2,1-4H3. The average Bonchev–Trinajstić information content (AvgIpc) is 3.16. The maximum absolute atomic E-state index is 12.2. The van der Waals surface area contributed by atoms with Gasteiger partial charge in [0.25, 0.3) is 0 Å². The Morgan fingerprint density at radius 1 is 1.13 bits per heavy atom. The van der Waals surface area contributed by atoms with Crippen LogP contribution in [0.4, 0.5) is 22.0 Å². The molecule has 0 bridgehead atoms. The number of fused-ring (bicyclic) bond motifs is 1. The molecule has 0 atom stereocenters. The molecule has 0 unspecified atom stereocenters. The van der Waals surface area contributed by atoms with E-state index in [2.05, 4.69) is 38.4 Å². The maximum Gasteiger partial charge on any atom is 0.410 e. The molecular formula is C23H31N5O3. The first-order chi connectivity index (χ1) is 14.8. The van der Waals surface area contributed by atoms with Gasteiger partial charge in [0.1, 0.15) is 23.9 Å². The minimum absolute atomic E-state index is 0.0190. The van der Waals surface area contributed by atoms with E-state index in [0.717, 1.165) is 37.3 Å². The highest BCUT2D eigenvalue weighted by molar-refractivity contribution is 5.71. The molecule has 2 aliphatic rings. The molecule has 2 aromatic rings. The number of amides is 1. The molecule has 1 fully saturated rings. The van der Waals surface area contributed by atoms with Crippen LogP contribution in [-0.2, 0) is 11.2 Å². The molecule has 3 heterocycles. The summed E-state index contributed by atoms with van der Waals surface area (Å²) in [5, 5.41) is 3.19. The third-order valence-corrected chi connectivity index (χ3v) is 5.55. The van der Waals surface area contributed by atoms with E-state index in [-0.39, 0.29) is 12.2 Å². The number of carbonyl (C=O) groups is 1. The second kappa shape index (κ2) is 8.61. The van der Waals surface area contributed by atoms with E-state index in [1.54, 1.807) is 11.2 Å². The van der Waals surface area contributed by atoms with Gasteiger partial charge < -0.3 is 24.6 Å². The summed E-state index contributed by atoms with van der Waals surface area (Å²) in [6, 6.07) is 8.30. The SMILES string of the molecule is CNc1ccc2c(c1)CCN2c1cc(OC2CCN(C(=O)OC(C)(C)C)CC2)ncn1. The smallest absolute Gasteiger partial charge is 0.410 e. The van der Waals surface area contributed by atoms with Crippen LogP contribution in [0.15, 0.2) is 30.6 Å². The summed E-state index contributed by atoms with van der Waals surface area (Å²) in [4.78, 5) is 25.0. The zero-order chi connectivity index (χ0) is 22.0. The van der Waals surface area contributed by atoms with Crippen molar-refractivity contribution in [3.63, 3.8) is 0 Å². The molecule has 2 aliphatic heterocycles. The fraction of sp³-hybridized carbons (Fsp3) is 0.522. The van der Waals surface area contributed by atoms with Gasteiger partial charge in [-0.1, -0.05) is 0 Å². The van der Waals surface area contributed by atoms with Gasteiger partial charge in [0.2, 0.25) is 5.88 Å². The molecule has 1 amide bonds. The lowest BCUT2D eigenvalue weighted by Gasteiger charge is -2.33. The molecule has 1 aromatic heterocycles. The van der Waals surface area contributed by atoms with Gasteiger partial charge in [0.05, 0.1) is 0 Å². The number of ether oxygens (including phenoxy) is 2. The topological polar surface area (TPSA) is 79.8 Å². The third kappa shape index (κ3) is 5.00. The van der Waals surface area contributed by atoms with Crippen LogP contribution < -0.4 is 15.0 Å². The molecule has 0 aliphatic carbocycles. The van der Waals surface area contributed by atoms with Crippen molar-refractivity contribution in [3.05, 3.63) is 36.2 Å². The van der Waals surface area contributed by atoms with Gasteiger partial charge in [0.15, 0.2) is 0 Å². The predicted octanol–water partition coefficient (Wildman–Crippen LogP) is 3.99. The quantitative estimate of drug-likeness (QED) is 0.793. The first-order valence-electron chi connectivity index (χ1n) is 10.9. The monoisotopic (exact) mass is 425 g/mol. The van der Waals surface area contributed by atoms with Crippen molar-refractivity contribution in [3.8, 4) is 5.88 Å². The summed E-state index contributed by atoms with van der Waals surface area (Å²) < 4.78 is 11.6. The predicted molar refractivity (Wildman–Crippen MR) is 120 cm³/mol. The minimum Gasteiger partial charge on any atom is -0.474 e. The zero-order valence-corrected chi connectivity index (χ0v) is 18.7. The van der Waals surface area contributed by atoms with Gasteiger partial charge >= 0.3 is 6.09 Å². The van der Waals surface area contributed by atoms with Crippen molar-refractivity contribution in [2.45, 2.75) is 51.7 Å². The number of anilines is 3. The Labute approximate surface area is 183 Å². The molecule has 166 valence electrons. The summed E-state index contributed by atoms with van der Waals surface area (Å²) in [6.45, 7) is 7.76. The highest BCUT2D eigenvalue weighted by Gasteiger charge is 2.28. The van der Waals surface area contributed by atoms with Crippen LogP contribution in [0.5, 0.6) is 5.88 Å². The van der Waals surface area contributed by atoms with Crippen LogP contribution in [0.3, 0.4) is 0 Å². The second-order valence-electron chi connectivity index (χ2n) is 8.99. The number of piperidine rings is 1. The molecule has 31 heavy (non-hydrogen) atoms. The van der Waals surface area contributed by atoms with E-state index in [4.69, 9.17) is 9.47 Å². The van der Waals surface area contributed by atoms with Crippen molar-refractivity contribution in [1.29, 1.82) is 0 Å². The van der Waals surface area contributed by atoms with Crippen LogP contribution in [0, 0.1) is 0 Å². The third-order valence-electron chi connectivity index (χ3n) is 5.55. The Morgan fingerprint density at radius 2 is 1.90 bits per heavy atom. The molecule has 0 spiro atoms. The van der Waals surface area contributed by atoms with E-state index in [0.29, 0.717) is 19.0 Å². The lowest BCUT2D eigenvalue weighted by molar-refractivity contribution is 0.0123. The largest absolute Gasteiger partial charge is 0.474 e. The van der Waals surface area contributed by atoms with Crippen LogP contribution >= 0.6 is 0 Å². The molecule has 1 aromatic carbocycles. The number of nitrogens with one attached hydrogen (secondary N) is 1. The number of nitrogens with zero attached hydrogens (tertiary/aromatic N) is 4.